The predicted octanol–water partition coefficient (Wildman–Crippen LogP) is 9.42. The second-order valence-electron chi connectivity index (χ2n) is 14.5. The minimum absolute atomic E-state index is 0. The second-order valence-corrected chi connectivity index (χ2v) is 17.3. The first kappa shape index (κ1) is 49.3. The molecule has 0 atom stereocenters. The maximum Gasteiger partial charge on any atom is 0.342 e. The minimum Gasteiger partial charge on any atom is -0.487 e. The second kappa shape index (κ2) is 20.2. The molecule has 3 aromatic carbocycles. The molecular weight excluding hydrogens is 836 g/mol. The van der Waals surface area contributed by atoms with E-state index in [9.17, 15) is 31.1 Å². The molecule has 4 heterocycles. The van der Waals surface area contributed by atoms with Crippen LogP contribution >= 0.6 is 33.0 Å². The number of fused-ring (bicyclic) bond motifs is 3. The molecule has 0 spiro atoms. The summed E-state index contributed by atoms with van der Waals surface area (Å²) in [6.45, 7) is 12.3. The lowest BCUT2D eigenvalue weighted by Gasteiger charge is -2.18. The van der Waals surface area contributed by atoms with Crippen molar-refractivity contribution in [2.24, 2.45) is 0 Å². The van der Waals surface area contributed by atoms with E-state index in [2.05, 4.69) is 21.4 Å². The molecule has 0 amide bonds. The van der Waals surface area contributed by atoms with E-state index in [4.69, 9.17) is 45.0 Å². The van der Waals surface area contributed by atoms with Crippen LogP contribution in [0.2, 0.25) is 0 Å². The zero-order chi connectivity index (χ0) is 41.6. The van der Waals surface area contributed by atoms with Crippen LogP contribution in [0.15, 0.2) is 18.2 Å². The molecule has 19 heteroatoms. The summed E-state index contributed by atoms with van der Waals surface area (Å²) in [6, 6.07) is 3.32. The number of carboxylic acid groups (broad SMARTS) is 1. The third-order valence-electron chi connectivity index (χ3n) is 8.25. The summed E-state index contributed by atoms with van der Waals surface area (Å²) in [7, 11) is 7.36. The highest BCUT2D eigenvalue weighted by Crippen LogP contribution is 2.42. The summed E-state index contributed by atoms with van der Waals surface area (Å²) in [5.74, 6) is -7.19. The molecule has 309 valence electrons. The molecule has 2 N–H and O–H groups in total. The van der Waals surface area contributed by atoms with Crippen molar-refractivity contribution in [3.8, 4) is 17.2 Å². The lowest BCUT2D eigenvalue weighted by Crippen LogP contribution is -2.25. The summed E-state index contributed by atoms with van der Waals surface area (Å²) < 4.78 is 110. The first-order valence-corrected chi connectivity index (χ1v) is 20.1. The Kier molecular flexibility index (Phi) is 17.8. The van der Waals surface area contributed by atoms with E-state index in [0.717, 1.165) is 25.3 Å². The van der Waals surface area contributed by atoms with Crippen molar-refractivity contribution < 1.29 is 64.5 Å². The average Bonchev–Trinajstić information content (AvgIpc) is 3.85. The number of benzene rings is 3. The maximum absolute atomic E-state index is 13.4. The Balaban J connectivity index is 0.000000259. The van der Waals surface area contributed by atoms with Crippen LogP contribution in [-0.2, 0) is 45.7 Å². The van der Waals surface area contributed by atoms with Crippen LogP contribution in [0.25, 0.3) is 0 Å². The fraction of sp³-hybridized carbons (Fsp3) is 0.486. The maximum atomic E-state index is 13.4. The van der Waals surface area contributed by atoms with Gasteiger partial charge in [-0.3, -0.25) is 0 Å². The Morgan fingerprint density at radius 1 is 0.696 bits per heavy atom. The van der Waals surface area contributed by atoms with E-state index in [1.165, 1.54) is 18.9 Å². The van der Waals surface area contributed by atoms with Crippen molar-refractivity contribution in [2.45, 2.75) is 103 Å². The van der Waals surface area contributed by atoms with E-state index in [0.29, 0.717) is 47.5 Å². The average molecular weight is 877 g/mol. The summed E-state index contributed by atoms with van der Waals surface area (Å²) in [4.78, 5) is 10.9. The SMILES string of the molecule is C1CCOC1.CC1(C)Cc2cc(F)c(F)c(C(=O)O)c2O1.CC1(C)Cc2cc(F)c(F)c(CCl)c2O1.CC1(C)Cc2cc(F)c(F)c(CO)c2O1.O=S(Cl)Cl.[B]. The molecule has 0 bridgehead atoms. The Hall–Kier alpha value is -2.89. The number of rotatable bonds is 3. The number of halogens is 9. The van der Waals surface area contributed by atoms with Gasteiger partial charge in [0, 0.05) is 84.5 Å². The normalized spacial score (nSPS) is 16.9. The first-order valence-electron chi connectivity index (χ1n) is 16.7. The van der Waals surface area contributed by atoms with Gasteiger partial charge in [-0.1, -0.05) is 0 Å². The summed E-state index contributed by atoms with van der Waals surface area (Å²) in [6.07, 6.45) is 4.01. The fourth-order valence-corrected chi connectivity index (χ4v) is 6.38. The zero-order valence-corrected chi connectivity index (χ0v) is 34.4. The van der Waals surface area contributed by atoms with Crippen LogP contribution in [0.5, 0.6) is 17.2 Å². The number of hydrogen-bond donors (Lipinski definition) is 2. The summed E-state index contributed by atoms with van der Waals surface area (Å²) in [5, 5.41) is 17.8. The number of carboxylic acids is 1. The van der Waals surface area contributed by atoms with Crippen molar-refractivity contribution in [1.82, 2.24) is 0 Å². The van der Waals surface area contributed by atoms with Crippen molar-refractivity contribution in [3.05, 3.63) is 86.5 Å². The van der Waals surface area contributed by atoms with E-state index in [-0.39, 0.29) is 31.2 Å². The molecule has 4 aliphatic heterocycles. The molecule has 1 fully saturated rings. The Morgan fingerprint density at radius 3 is 1.38 bits per heavy atom. The molecule has 0 aliphatic carbocycles. The molecule has 8 nitrogen and oxygen atoms in total. The largest absolute Gasteiger partial charge is 0.487 e. The van der Waals surface area contributed by atoms with Crippen LogP contribution in [-0.4, -0.2) is 58.8 Å². The van der Waals surface area contributed by atoms with Crippen molar-refractivity contribution in [1.29, 1.82) is 0 Å². The number of aromatic carboxylic acids is 1. The Labute approximate surface area is 339 Å². The smallest absolute Gasteiger partial charge is 0.342 e. The Morgan fingerprint density at radius 2 is 1.04 bits per heavy atom. The monoisotopic (exact) mass is 875 g/mol. The highest BCUT2D eigenvalue weighted by atomic mass is 36.0. The molecular formula is C37H41BCl3F6O8S. The molecule has 1 saturated heterocycles. The lowest BCUT2D eigenvalue weighted by atomic mass is 10.00. The minimum atomic E-state index is -1.67. The number of hydrogen-bond acceptors (Lipinski definition) is 7. The van der Waals surface area contributed by atoms with Crippen molar-refractivity contribution in [3.63, 3.8) is 0 Å². The van der Waals surface area contributed by atoms with Gasteiger partial charge in [0.15, 0.2) is 34.9 Å². The third kappa shape index (κ3) is 12.8. The van der Waals surface area contributed by atoms with Gasteiger partial charge in [-0.05, 0) is 72.6 Å². The van der Waals surface area contributed by atoms with Crippen LogP contribution in [0.3, 0.4) is 0 Å². The van der Waals surface area contributed by atoms with Crippen LogP contribution < -0.4 is 14.2 Å². The number of aliphatic hydroxyl groups is 1. The topological polar surface area (TPSA) is 112 Å². The van der Waals surface area contributed by atoms with E-state index in [1.54, 1.807) is 13.8 Å². The third-order valence-corrected chi connectivity index (χ3v) is 8.52. The number of ether oxygens (including phenoxy) is 4. The van der Waals surface area contributed by atoms with Gasteiger partial charge in [0.1, 0.15) is 39.6 Å². The van der Waals surface area contributed by atoms with Gasteiger partial charge in [-0.2, -0.15) is 0 Å². The lowest BCUT2D eigenvalue weighted by molar-refractivity contribution is 0.0678. The van der Waals surface area contributed by atoms with Crippen LogP contribution in [0.1, 0.15) is 92.6 Å². The van der Waals surface area contributed by atoms with Crippen molar-refractivity contribution >= 4 is 56.6 Å². The molecule has 3 radical (unpaired) electrons. The standard InChI is InChI=1S/C11H11ClF2O.C11H10F2O3.C11H12F2O2.C4H8O.B.Cl2OS/c1-11(2)4-6-3-8(13)9(14)7(5-12)10(6)15-11;1-11(2)4-5-3-6(12)8(13)7(10(14)15)9(5)16-11;1-11(2)4-6-3-8(12)9(13)7(5-14)10(6)15-11;1-2-4-5-3-1;;1-4(2)3/h3H,4-5H2,1-2H3;3H,4H2,1-2H3,(H,14,15);3,14H,4-5H2,1-2H3;1-4H2;;. The summed E-state index contributed by atoms with van der Waals surface area (Å²) in [5.41, 5.74) is -0.505. The van der Waals surface area contributed by atoms with Crippen LogP contribution in [0.4, 0.5) is 26.3 Å². The first-order chi connectivity index (χ1) is 25.4. The van der Waals surface area contributed by atoms with Crippen molar-refractivity contribution in [2.75, 3.05) is 13.2 Å². The van der Waals surface area contributed by atoms with Gasteiger partial charge in [-0.25, -0.2) is 35.3 Å². The van der Waals surface area contributed by atoms with Crippen LogP contribution in [0, 0.1) is 34.9 Å². The molecule has 0 aromatic heterocycles. The van der Waals surface area contributed by atoms with E-state index < -0.39 is 79.1 Å². The summed E-state index contributed by atoms with van der Waals surface area (Å²) >= 11 is 5.59. The Bertz CT molecular complexity index is 1820. The number of aliphatic hydroxyl groups excluding tert-OH is 1. The molecule has 4 aliphatic rings. The van der Waals surface area contributed by atoms with Gasteiger partial charge < -0.3 is 29.2 Å². The zero-order valence-electron chi connectivity index (χ0n) is 31.3. The molecule has 0 unspecified atom stereocenters. The number of alkyl halides is 1. The fourth-order valence-electron chi connectivity index (χ4n) is 6.14. The van der Waals surface area contributed by atoms with Gasteiger partial charge >= 0.3 is 5.97 Å². The molecule has 3 aromatic rings. The van der Waals surface area contributed by atoms with Gasteiger partial charge in [0.05, 0.1) is 18.1 Å². The highest BCUT2D eigenvalue weighted by Gasteiger charge is 2.37. The highest BCUT2D eigenvalue weighted by molar-refractivity contribution is 8.26. The van der Waals surface area contributed by atoms with Gasteiger partial charge in [0.25, 0.3) is 0 Å². The van der Waals surface area contributed by atoms with E-state index in [1.807, 2.05) is 27.7 Å². The quantitative estimate of drug-likeness (QED) is 0.116. The van der Waals surface area contributed by atoms with Gasteiger partial charge in [-0.15, -0.1) is 11.6 Å². The molecule has 56 heavy (non-hydrogen) atoms. The number of carbonyl (C=O) groups is 1. The van der Waals surface area contributed by atoms with Gasteiger partial charge in [0.2, 0.25) is 9.23 Å². The molecule has 0 saturated carbocycles. The molecule has 7 rings (SSSR count). The van der Waals surface area contributed by atoms with E-state index >= 15 is 0 Å². The predicted molar refractivity (Wildman–Crippen MR) is 202 cm³/mol.